The van der Waals surface area contributed by atoms with Gasteiger partial charge in [-0.1, -0.05) is 36.2 Å². The Morgan fingerprint density at radius 2 is 2.25 bits per heavy atom. The molecule has 0 aromatic heterocycles. The van der Waals surface area contributed by atoms with Crippen molar-refractivity contribution in [1.82, 2.24) is 5.43 Å². The van der Waals surface area contributed by atoms with Gasteiger partial charge in [0.1, 0.15) is 0 Å². The molecule has 1 aromatic rings. The number of hydrogen-bond acceptors (Lipinski definition) is 4. The van der Waals surface area contributed by atoms with Gasteiger partial charge in [-0.05, 0) is 37.3 Å². The summed E-state index contributed by atoms with van der Waals surface area (Å²) in [4.78, 5) is 12.0. The standard InChI is InChI=1S/C18H22ClN3OS/c19-16-9-3-1-7-15(16)12-24-13-18(23)22-21-17-10-4-2-6-14(17)8-5-11-20/h1,3,7,9,14H,2,4-6,8,10,12-13H2,(H,22,23)/b21-17+. The summed E-state index contributed by atoms with van der Waals surface area (Å²) >= 11 is 7.62. The second kappa shape index (κ2) is 10.4. The molecule has 0 bridgehead atoms. The van der Waals surface area contributed by atoms with E-state index < -0.39 is 0 Å². The minimum Gasteiger partial charge on any atom is -0.272 e. The summed E-state index contributed by atoms with van der Waals surface area (Å²) in [5.74, 6) is 1.30. The largest absolute Gasteiger partial charge is 0.272 e. The lowest BCUT2D eigenvalue weighted by molar-refractivity contribution is -0.118. The Bertz CT molecular complexity index is 627. The van der Waals surface area contributed by atoms with Crippen LogP contribution in [0.1, 0.15) is 44.1 Å². The maximum atomic E-state index is 12.0. The van der Waals surface area contributed by atoms with Crippen molar-refractivity contribution in [3.05, 3.63) is 34.9 Å². The first-order valence-corrected chi connectivity index (χ1v) is 9.77. The normalized spacial score (nSPS) is 19.0. The quantitative estimate of drug-likeness (QED) is 0.723. The van der Waals surface area contributed by atoms with Gasteiger partial charge < -0.3 is 0 Å². The molecule has 1 atom stereocenters. The molecule has 1 amide bonds. The molecule has 1 aromatic carbocycles. The summed E-state index contributed by atoms with van der Waals surface area (Å²) in [7, 11) is 0. The molecule has 0 saturated heterocycles. The van der Waals surface area contributed by atoms with Crippen LogP contribution in [0, 0.1) is 17.2 Å². The summed E-state index contributed by atoms with van der Waals surface area (Å²) in [5, 5.41) is 13.8. The zero-order valence-electron chi connectivity index (χ0n) is 13.6. The number of rotatable bonds is 7. The molecule has 128 valence electrons. The van der Waals surface area contributed by atoms with Gasteiger partial charge in [-0.15, -0.1) is 11.8 Å². The number of amides is 1. The van der Waals surface area contributed by atoms with Gasteiger partial charge in [-0.2, -0.15) is 10.4 Å². The highest BCUT2D eigenvalue weighted by molar-refractivity contribution is 7.99. The van der Waals surface area contributed by atoms with Crippen LogP contribution >= 0.6 is 23.4 Å². The molecule has 4 nitrogen and oxygen atoms in total. The van der Waals surface area contributed by atoms with E-state index in [9.17, 15) is 4.79 Å². The number of nitriles is 1. The van der Waals surface area contributed by atoms with Crippen molar-refractivity contribution in [1.29, 1.82) is 5.26 Å². The minimum atomic E-state index is -0.0934. The topological polar surface area (TPSA) is 65.2 Å². The highest BCUT2D eigenvalue weighted by Crippen LogP contribution is 2.25. The van der Waals surface area contributed by atoms with E-state index >= 15 is 0 Å². The number of halogens is 1. The zero-order valence-corrected chi connectivity index (χ0v) is 15.2. The smallest absolute Gasteiger partial charge is 0.250 e. The van der Waals surface area contributed by atoms with Crippen LogP contribution in [0.3, 0.4) is 0 Å². The third-order valence-electron chi connectivity index (χ3n) is 4.08. The molecule has 6 heteroatoms. The number of nitrogens with zero attached hydrogens (tertiary/aromatic N) is 2. The first kappa shape index (κ1) is 18.8. The van der Waals surface area contributed by atoms with Crippen LogP contribution in [0.2, 0.25) is 5.02 Å². The van der Waals surface area contributed by atoms with Crippen molar-refractivity contribution >= 4 is 35.0 Å². The van der Waals surface area contributed by atoms with Crippen molar-refractivity contribution in [2.45, 2.75) is 44.3 Å². The fourth-order valence-electron chi connectivity index (χ4n) is 2.80. The molecular weight excluding hydrogens is 342 g/mol. The number of nitrogens with one attached hydrogen (secondary N) is 1. The van der Waals surface area contributed by atoms with E-state index in [-0.39, 0.29) is 5.91 Å². The molecule has 0 radical (unpaired) electrons. The molecule has 1 saturated carbocycles. The predicted octanol–water partition coefficient (Wildman–Crippen LogP) is 4.54. The zero-order chi connectivity index (χ0) is 17.2. The van der Waals surface area contributed by atoms with Crippen LogP contribution < -0.4 is 5.43 Å². The molecule has 1 aliphatic rings. The van der Waals surface area contributed by atoms with E-state index in [1.165, 1.54) is 18.2 Å². The van der Waals surface area contributed by atoms with E-state index in [2.05, 4.69) is 16.6 Å². The molecule has 0 spiro atoms. The van der Waals surface area contributed by atoms with E-state index in [0.717, 1.165) is 42.0 Å². The lowest BCUT2D eigenvalue weighted by atomic mass is 9.84. The number of carbonyl (C=O) groups is 1. The lowest BCUT2D eigenvalue weighted by Crippen LogP contribution is -2.26. The van der Waals surface area contributed by atoms with Gasteiger partial charge in [0.25, 0.3) is 0 Å². The molecule has 0 heterocycles. The fraction of sp³-hybridized carbons (Fsp3) is 0.500. The van der Waals surface area contributed by atoms with Gasteiger partial charge in [0.2, 0.25) is 5.91 Å². The maximum Gasteiger partial charge on any atom is 0.250 e. The van der Waals surface area contributed by atoms with Gasteiger partial charge in [0.05, 0.1) is 11.8 Å². The highest BCUT2D eigenvalue weighted by Gasteiger charge is 2.20. The molecule has 1 N–H and O–H groups in total. The fourth-order valence-corrected chi connectivity index (χ4v) is 3.91. The molecule has 2 rings (SSSR count). The van der Waals surface area contributed by atoms with Gasteiger partial charge in [0.15, 0.2) is 0 Å². The number of carbonyl (C=O) groups excluding carboxylic acids is 1. The molecule has 1 aliphatic carbocycles. The summed E-state index contributed by atoms with van der Waals surface area (Å²) in [6.45, 7) is 0. The first-order valence-electron chi connectivity index (χ1n) is 8.24. The van der Waals surface area contributed by atoms with Crippen LogP contribution in [-0.2, 0) is 10.5 Å². The lowest BCUT2D eigenvalue weighted by Gasteiger charge is -2.23. The highest BCUT2D eigenvalue weighted by atomic mass is 35.5. The van der Waals surface area contributed by atoms with Crippen molar-refractivity contribution in [3.8, 4) is 6.07 Å². The average Bonchev–Trinajstić information content (AvgIpc) is 2.60. The Morgan fingerprint density at radius 3 is 3.04 bits per heavy atom. The Labute approximate surface area is 152 Å². The van der Waals surface area contributed by atoms with Crippen LogP contribution in [0.4, 0.5) is 0 Å². The Hall–Kier alpha value is -1.51. The summed E-state index contributed by atoms with van der Waals surface area (Å²) < 4.78 is 0. The SMILES string of the molecule is N#CCCC1CCCC/C1=N\NC(=O)CSCc1ccccc1Cl. The monoisotopic (exact) mass is 363 g/mol. The van der Waals surface area contributed by atoms with Crippen LogP contribution in [-0.4, -0.2) is 17.4 Å². The van der Waals surface area contributed by atoms with Crippen LogP contribution in [0.5, 0.6) is 0 Å². The summed E-state index contributed by atoms with van der Waals surface area (Å²) in [5.41, 5.74) is 4.75. The average molecular weight is 364 g/mol. The number of thioether (sulfide) groups is 1. The van der Waals surface area contributed by atoms with Crippen LogP contribution in [0.25, 0.3) is 0 Å². The number of benzene rings is 1. The third kappa shape index (κ3) is 6.18. The van der Waals surface area contributed by atoms with Gasteiger partial charge in [0, 0.05) is 28.8 Å². The van der Waals surface area contributed by atoms with Crippen LogP contribution in [0.15, 0.2) is 29.4 Å². The summed E-state index contributed by atoms with van der Waals surface area (Å²) in [6.07, 6.45) is 5.66. The van der Waals surface area contributed by atoms with E-state index in [0.29, 0.717) is 23.8 Å². The van der Waals surface area contributed by atoms with E-state index in [1.807, 2.05) is 24.3 Å². The second-order valence-corrected chi connectivity index (χ2v) is 7.25. The van der Waals surface area contributed by atoms with Gasteiger partial charge in [-0.3, -0.25) is 4.79 Å². The molecule has 0 aliphatic heterocycles. The predicted molar refractivity (Wildman–Crippen MR) is 100.0 cm³/mol. The minimum absolute atomic E-state index is 0.0934. The maximum absolute atomic E-state index is 12.0. The molecule has 1 unspecified atom stereocenters. The van der Waals surface area contributed by atoms with Crippen molar-refractivity contribution in [3.63, 3.8) is 0 Å². The number of hydrazone groups is 1. The van der Waals surface area contributed by atoms with Gasteiger partial charge >= 0.3 is 0 Å². The summed E-state index contributed by atoms with van der Waals surface area (Å²) in [6, 6.07) is 9.85. The first-order chi connectivity index (χ1) is 11.7. The molecule has 24 heavy (non-hydrogen) atoms. The van der Waals surface area contributed by atoms with Crippen molar-refractivity contribution < 1.29 is 4.79 Å². The Balaban J connectivity index is 1.77. The Morgan fingerprint density at radius 1 is 1.42 bits per heavy atom. The van der Waals surface area contributed by atoms with E-state index in [4.69, 9.17) is 16.9 Å². The molecular formula is C18H22ClN3OS. The van der Waals surface area contributed by atoms with Gasteiger partial charge in [-0.25, -0.2) is 5.43 Å². The Kier molecular flexibility index (Phi) is 8.14. The van der Waals surface area contributed by atoms with Crippen molar-refractivity contribution in [2.75, 3.05) is 5.75 Å². The second-order valence-electron chi connectivity index (χ2n) is 5.86. The number of hydrogen-bond donors (Lipinski definition) is 1. The van der Waals surface area contributed by atoms with E-state index in [1.54, 1.807) is 0 Å². The van der Waals surface area contributed by atoms with Crippen molar-refractivity contribution in [2.24, 2.45) is 11.0 Å². The third-order valence-corrected chi connectivity index (χ3v) is 5.43. The molecule has 1 fully saturated rings.